The minimum absolute atomic E-state index is 0.397. The summed E-state index contributed by atoms with van der Waals surface area (Å²) in [5.41, 5.74) is 0.398. The predicted octanol–water partition coefficient (Wildman–Crippen LogP) is 3.23. The lowest BCUT2D eigenvalue weighted by molar-refractivity contribution is -0.144. The lowest BCUT2D eigenvalue weighted by atomic mass is 9.71. The molecule has 1 spiro atoms. The zero-order valence-corrected chi connectivity index (χ0v) is 15.6. The van der Waals surface area contributed by atoms with E-state index in [4.69, 9.17) is 4.74 Å². The average Bonchev–Trinajstić information content (AvgIpc) is 2.67. The molecule has 0 N–H and O–H groups in total. The van der Waals surface area contributed by atoms with Gasteiger partial charge in [0, 0.05) is 38.8 Å². The number of amides is 1. The monoisotopic (exact) mass is 346 g/mol. The molecule has 3 saturated heterocycles. The van der Waals surface area contributed by atoms with Gasteiger partial charge >= 0.3 is 0 Å². The lowest BCUT2D eigenvalue weighted by Gasteiger charge is -2.50. The molecule has 4 heteroatoms. The molecule has 0 aromatic rings. The van der Waals surface area contributed by atoms with Crippen LogP contribution in [-0.2, 0) is 9.53 Å². The summed E-state index contributed by atoms with van der Waals surface area (Å²) in [6, 6.07) is 0.436. The standard InChI is InChI=1S/C21H34N2O2/c24-20-6-9-21(17-23(20)19-7-14-25-15-8-19)10-12-22(13-11-21)16-18-4-2-1-3-5-18/h1-2,18-19H,3-17H2. The molecule has 1 aliphatic carbocycles. The summed E-state index contributed by atoms with van der Waals surface area (Å²) in [6.07, 6.45) is 15.1. The third-order valence-electron chi connectivity index (χ3n) is 7.14. The number of piperidine rings is 2. The number of rotatable bonds is 3. The Kier molecular flexibility index (Phi) is 5.47. The summed E-state index contributed by atoms with van der Waals surface area (Å²) >= 11 is 0. The molecule has 0 saturated carbocycles. The Morgan fingerprint density at radius 2 is 1.88 bits per heavy atom. The van der Waals surface area contributed by atoms with E-state index in [1.54, 1.807) is 0 Å². The summed E-state index contributed by atoms with van der Waals surface area (Å²) in [7, 11) is 0. The Morgan fingerprint density at radius 1 is 1.08 bits per heavy atom. The zero-order chi connectivity index (χ0) is 17.1. The molecule has 1 amide bonds. The Labute approximate surface area is 152 Å². The van der Waals surface area contributed by atoms with Crippen LogP contribution in [0.1, 0.15) is 57.8 Å². The fraction of sp³-hybridized carbons (Fsp3) is 0.857. The molecular formula is C21H34N2O2. The second-order valence-electron chi connectivity index (χ2n) is 8.82. The summed E-state index contributed by atoms with van der Waals surface area (Å²) < 4.78 is 5.50. The number of likely N-dealkylation sites (tertiary alicyclic amines) is 2. The molecule has 4 aliphatic rings. The largest absolute Gasteiger partial charge is 0.381 e. The third kappa shape index (κ3) is 4.11. The molecular weight excluding hydrogens is 312 g/mol. The topological polar surface area (TPSA) is 32.8 Å². The highest BCUT2D eigenvalue weighted by molar-refractivity contribution is 5.77. The third-order valence-corrected chi connectivity index (χ3v) is 7.14. The molecule has 4 nitrogen and oxygen atoms in total. The van der Waals surface area contributed by atoms with Crippen LogP contribution in [0.3, 0.4) is 0 Å². The Morgan fingerprint density at radius 3 is 2.60 bits per heavy atom. The molecule has 3 fully saturated rings. The van der Waals surface area contributed by atoms with Crippen molar-refractivity contribution in [2.75, 3.05) is 39.4 Å². The number of allylic oxidation sites excluding steroid dienone is 2. The molecule has 0 aromatic heterocycles. The van der Waals surface area contributed by atoms with Gasteiger partial charge in [-0.2, -0.15) is 0 Å². The van der Waals surface area contributed by atoms with Gasteiger partial charge < -0.3 is 14.5 Å². The molecule has 0 bridgehead atoms. The van der Waals surface area contributed by atoms with Gasteiger partial charge in [-0.05, 0) is 75.8 Å². The first kappa shape index (κ1) is 17.5. The fourth-order valence-electron chi connectivity index (χ4n) is 5.38. The average molecular weight is 347 g/mol. The van der Waals surface area contributed by atoms with Crippen LogP contribution in [0.4, 0.5) is 0 Å². The van der Waals surface area contributed by atoms with Crippen LogP contribution in [0.25, 0.3) is 0 Å². The number of carbonyl (C=O) groups excluding carboxylic acids is 1. The van der Waals surface area contributed by atoms with Gasteiger partial charge in [0.1, 0.15) is 0 Å². The van der Waals surface area contributed by atoms with Crippen LogP contribution in [-0.4, -0.2) is 61.1 Å². The molecule has 140 valence electrons. The number of hydrogen-bond acceptors (Lipinski definition) is 3. The molecule has 4 rings (SSSR count). The number of carbonyl (C=O) groups is 1. The number of ether oxygens (including phenoxy) is 1. The van der Waals surface area contributed by atoms with Crippen LogP contribution >= 0.6 is 0 Å². The lowest BCUT2D eigenvalue weighted by Crippen LogP contribution is -2.55. The van der Waals surface area contributed by atoms with Crippen molar-refractivity contribution in [1.82, 2.24) is 9.80 Å². The van der Waals surface area contributed by atoms with Crippen molar-refractivity contribution in [3.8, 4) is 0 Å². The van der Waals surface area contributed by atoms with Crippen molar-refractivity contribution in [3.05, 3.63) is 12.2 Å². The summed E-state index contributed by atoms with van der Waals surface area (Å²) in [5.74, 6) is 1.26. The number of hydrogen-bond donors (Lipinski definition) is 0. The first-order valence-electron chi connectivity index (χ1n) is 10.5. The van der Waals surface area contributed by atoms with E-state index in [2.05, 4.69) is 22.0 Å². The molecule has 1 unspecified atom stereocenters. The molecule has 1 atom stereocenters. The maximum absolute atomic E-state index is 12.5. The van der Waals surface area contributed by atoms with Gasteiger partial charge in [0.25, 0.3) is 0 Å². The van der Waals surface area contributed by atoms with Gasteiger partial charge in [-0.25, -0.2) is 0 Å². The second kappa shape index (κ2) is 7.79. The molecule has 0 aromatic carbocycles. The quantitative estimate of drug-likeness (QED) is 0.736. The van der Waals surface area contributed by atoms with Crippen molar-refractivity contribution in [1.29, 1.82) is 0 Å². The number of nitrogens with zero attached hydrogens (tertiary/aromatic N) is 2. The van der Waals surface area contributed by atoms with E-state index in [0.29, 0.717) is 17.4 Å². The first-order chi connectivity index (χ1) is 12.2. The van der Waals surface area contributed by atoms with Crippen LogP contribution in [0.5, 0.6) is 0 Å². The Balaban J connectivity index is 1.31. The highest BCUT2D eigenvalue weighted by Crippen LogP contribution is 2.41. The SMILES string of the molecule is O=C1CCC2(CCN(CC3CC=CCC3)CC2)CN1C1CCOCC1. The van der Waals surface area contributed by atoms with Gasteiger partial charge in [-0.3, -0.25) is 4.79 Å². The smallest absolute Gasteiger partial charge is 0.222 e. The maximum atomic E-state index is 12.5. The van der Waals surface area contributed by atoms with E-state index in [9.17, 15) is 4.79 Å². The van der Waals surface area contributed by atoms with Gasteiger partial charge in [-0.15, -0.1) is 0 Å². The van der Waals surface area contributed by atoms with Crippen LogP contribution < -0.4 is 0 Å². The first-order valence-corrected chi connectivity index (χ1v) is 10.5. The van der Waals surface area contributed by atoms with Crippen LogP contribution in [0, 0.1) is 11.3 Å². The van der Waals surface area contributed by atoms with Gasteiger partial charge in [0.2, 0.25) is 5.91 Å². The molecule has 3 aliphatic heterocycles. The minimum Gasteiger partial charge on any atom is -0.381 e. The fourth-order valence-corrected chi connectivity index (χ4v) is 5.38. The van der Waals surface area contributed by atoms with Crippen LogP contribution in [0.2, 0.25) is 0 Å². The van der Waals surface area contributed by atoms with Gasteiger partial charge in [0.05, 0.1) is 0 Å². The van der Waals surface area contributed by atoms with Gasteiger partial charge in [-0.1, -0.05) is 12.2 Å². The Hall–Kier alpha value is -0.870. The van der Waals surface area contributed by atoms with E-state index >= 15 is 0 Å². The summed E-state index contributed by atoms with van der Waals surface area (Å²) in [6.45, 7) is 6.40. The molecule has 3 heterocycles. The minimum atomic E-state index is 0.397. The highest BCUT2D eigenvalue weighted by atomic mass is 16.5. The summed E-state index contributed by atoms with van der Waals surface area (Å²) in [5, 5.41) is 0. The normalized spacial score (nSPS) is 31.6. The zero-order valence-electron chi connectivity index (χ0n) is 15.6. The summed E-state index contributed by atoms with van der Waals surface area (Å²) in [4.78, 5) is 17.5. The van der Waals surface area contributed by atoms with Crippen molar-refractivity contribution in [2.45, 2.75) is 63.8 Å². The van der Waals surface area contributed by atoms with E-state index < -0.39 is 0 Å². The molecule has 25 heavy (non-hydrogen) atoms. The van der Waals surface area contributed by atoms with E-state index in [1.165, 1.54) is 51.7 Å². The van der Waals surface area contributed by atoms with Crippen molar-refractivity contribution in [2.24, 2.45) is 11.3 Å². The van der Waals surface area contributed by atoms with Crippen molar-refractivity contribution >= 4 is 5.91 Å². The second-order valence-corrected chi connectivity index (χ2v) is 8.82. The van der Waals surface area contributed by atoms with E-state index in [0.717, 1.165) is 51.4 Å². The van der Waals surface area contributed by atoms with E-state index in [-0.39, 0.29) is 0 Å². The van der Waals surface area contributed by atoms with Gasteiger partial charge in [0.15, 0.2) is 0 Å². The van der Waals surface area contributed by atoms with Crippen molar-refractivity contribution < 1.29 is 9.53 Å². The highest BCUT2D eigenvalue weighted by Gasteiger charge is 2.43. The van der Waals surface area contributed by atoms with Crippen LogP contribution in [0.15, 0.2) is 12.2 Å². The Bertz CT molecular complexity index is 490. The predicted molar refractivity (Wildman–Crippen MR) is 99.4 cm³/mol. The molecule has 0 radical (unpaired) electrons. The maximum Gasteiger partial charge on any atom is 0.222 e. The van der Waals surface area contributed by atoms with Crippen molar-refractivity contribution in [3.63, 3.8) is 0 Å². The van der Waals surface area contributed by atoms with E-state index in [1.807, 2.05) is 0 Å².